The van der Waals surface area contributed by atoms with E-state index < -0.39 is 46.5 Å². The van der Waals surface area contributed by atoms with Crippen LogP contribution in [0.2, 0.25) is 0 Å². The number of amides is 2. The smallest absolute Gasteiger partial charge is 0.310 e. The highest BCUT2D eigenvalue weighted by atomic mass is 19.4. The lowest BCUT2D eigenvalue weighted by Gasteiger charge is -2.37. The van der Waals surface area contributed by atoms with E-state index in [-0.39, 0.29) is 0 Å². The Morgan fingerprint density at radius 1 is 1.23 bits per heavy atom. The summed E-state index contributed by atoms with van der Waals surface area (Å²) in [6.45, 7) is 3.06. The average Bonchev–Trinajstić information content (AvgIpc) is 2.38. The molecule has 0 saturated carbocycles. The number of rotatable bonds is 0. The van der Waals surface area contributed by atoms with Gasteiger partial charge in [-0.05, 0) is 12.1 Å². The number of nitrogens with one attached hydrogen (secondary N) is 2. The van der Waals surface area contributed by atoms with E-state index in [1.165, 1.54) is 13.8 Å². The number of carbonyl (C=O) groups is 1. The molecule has 118 valence electrons. The van der Waals surface area contributed by atoms with Crippen LogP contribution in [-0.4, -0.2) is 12.2 Å². The van der Waals surface area contributed by atoms with Gasteiger partial charge in [0.15, 0.2) is 11.6 Å². The molecule has 0 bridgehead atoms. The second-order valence-electron chi connectivity index (χ2n) is 5.03. The lowest BCUT2D eigenvalue weighted by atomic mass is 9.85. The van der Waals surface area contributed by atoms with Gasteiger partial charge in [0.25, 0.3) is 0 Å². The topological polar surface area (TPSA) is 41.1 Å². The number of hydrogen-bond acceptors (Lipinski definition) is 1. The Hall–Kier alpha value is -2.30. The van der Waals surface area contributed by atoms with Crippen molar-refractivity contribution in [2.24, 2.45) is 5.92 Å². The monoisotopic (exact) mass is 318 g/mol. The third-order valence-electron chi connectivity index (χ3n) is 2.99. The predicted octanol–water partition coefficient (Wildman–Crippen LogP) is 3.52. The second kappa shape index (κ2) is 5.16. The molecule has 1 aliphatic rings. The molecule has 1 atom stereocenters. The van der Waals surface area contributed by atoms with Gasteiger partial charge in [-0.15, -0.1) is 0 Å². The fourth-order valence-electron chi connectivity index (χ4n) is 2.04. The maximum absolute atomic E-state index is 14.0. The average molecular weight is 318 g/mol. The lowest BCUT2D eigenvalue weighted by Crippen LogP contribution is -2.59. The van der Waals surface area contributed by atoms with Crippen LogP contribution in [-0.2, 0) is 5.54 Å². The SMILES string of the molecule is CC(C)C#C[C@]1(C(F)(F)F)NC(=O)Nc2ccc(F)c(F)c21. The zero-order valence-electron chi connectivity index (χ0n) is 11.5. The first kappa shape index (κ1) is 16.1. The van der Waals surface area contributed by atoms with Gasteiger partial charge in [0.05, 0.1) is 11.3 Å². The van der Waals surface area contributed by atoms with E-state index in [2.05, 4.69) is 5.92 Å². The molecule has 3 nitrogen and oxygen atoms in total. The van der Waals surface area contributed by atoms with Gasteiger partial charge in [-0.25, -0.2) is 13.6 Å². The summed E-state index contributed by atoms with van der Waals surface area (Å²) in [6, 6.07) is 0.301. The molecule has 0 aromatic heterocycles. The first-order valence-electron chi connectivity index (χ1n) is 6.25. The van der Waals surface area contributed by atoms with Crippen LogP contribution < -0.4 is 10.6 Å². The van der Waals surface area contributed by atoms with Crippen molar-refractivity contribution in [2.45, 2.75) is 25.6 Å². The molecule has 0 spiro atoms. The van der Waals surface area contributed by atoms with E-state index in [0.29, 0.717) is 6.07 Å². The van der Waals surface area contributed by atoms with Crippen LogP contribution in [0.15, 0.2) is 12.1 Å². The highest BCUT2D eigenvalue weighted by Gasteiger charge is 2.61. The van der Waals surface area contributed by atoms with Crippen molar-refractivity contribution in [2.75, 3.05) is 5.32 Å². The summed E-state index contributed by atoms with van der Waals surface area (Å²) in [5.41, 5.74) is -4.85. The first-order chi connectivity index (χ1) is 10.1. The normalized spacial score (nSPS) is 20.6. The molecule has 1 heterocycles. The van der Waals surface area contributed by atoms with Gasteiger partial charge >= 0.3 is 12.2 Å². The Morgan fingerprint density at radius 3 is 2.41 bits per heavy atom. The summed E-state index contributed by atoms with van der Waals surface area (Å²) < 4.78 is 68.2. The number of alkyl halides is 3. The molecule has 0 saturated heterocycles. The number of hydrogen-bond donors (Lipinski definition) is 2. The van der Waals surface area contributed by atoms with Gasteiger partial charge in [0.1, 0.15) is 0 Å². The van der Waals surface area contributed by atoms with Crippen LogP contribution in [0, 0.1) is 29.4 Å². The van der Waals surface area contributed by atoms with E-state index >= 15 is 0 Å². The molecule has 22 heavy (non-hydrogen) atoms. The van der Waals surface area contributed by atoms with Gasteiger partial charge in [0.2, 0.25) is 5.54 Å². The third-order valence-corrected chi connectivity index (χ3v) is 2.99. The van der Waals surface area contributed by atoms with E-state index in [9.17, 15) is 26.7 Å². The van der Waals surface area contributed by atoms with E-state index in [1.54, 1.807) is 5.32 Å². The molecule has 1 aromatic carbocycles. The number of urea groups is 1. The number of fused-ring (bicyclic) bond motifs is 1. The van der Waals surface area contributed by atoms with Crippen molar-refractivity contribution >= 4 is 11.7 Å². The summed E-state index contributed by atoms with van der Waals surface area (Å²) in [5.74, 6) is 0.509. The number of halogens is 5. The quantitative estimate of drug-likeness (QED) is 0.558. The standard InChI is InChI=1S/C14H11F5N2O/c1-7(2)5-6-13(14(17,18)19)10-9(20-12(22)21-13)4-3-8(15)11(10)16/h3-4,7H,1-2H3,(H2,20,21,22)/t13-/m0/s1. The van der Waals surface area contributed by atoms with Crippen molar-refractivity contribution in [1.82, 2.24) is 5.32 Å². The van der Waals surface area contributed by atoms with Crippen molar-refractivity contribution in [3.63, 3.8) is 0 Å². The maximum Gasteiger partial charge on any atom is 0.427 e. The van der Waals surface area contributed by atoms with Crippen LogP contribution in [0.1, 0.15) is 19.4 Å². The lowest BCUT2D eigenvalue weighted by molar-refractivity contribution is -0.179. The molecule has 2 amide bonds. The third kappa shape index (κ3) is 2.47. The second-order valence-corrected chi connectivity index (χ2v) is 5.03. The maximum atomic E-state index is 14.0. The Morgan fingerprint density at radius 2 is 1.86 bits per heavy atom. The Bertz CT molecular complexity index is 687. The summed E-state index contributed by atoms with van der Waals surface area (Å²) in [4.78, 5) is 11.5. The molecule has 2 N–H and O–H groups in total. The van der Waals surface area contributed by atoms with Crippen molar-refractivity contribution in [1.29, 1.82) is 0 Å². The minimum atomic E-state index is -5.14. The summed E-state index contributed by atoms with van der Waals surface area (Å²) in [5, 5.41) is 3.61. The zero-order chi connectivity index (χ0) is 16.7. The summed E-state index contributed by atoms with van der Waals surface area (Å²) in [6.07, 6.45) is -5.14. The number of anilines is 1. The zero-order valence-corrected chi connectivity index (χ0v) is 11.5. The van der Waals surface area contributed by atoms with Crippen molar-refractivity contribution < 1.29 is 26.7 Å². The molecule has 0 unspecified atom stereocenters. The Labute approximate surface area is 122 Å². The van der Waals surface area contributed by atoms with Gasteiger partial charge in [-0.3, -0.25) is 0 Å². The molecule has 1 aromatic rings. The molecule has 8 heteroatoms. The van der Waals surface area contributed by atoms with Gasteiger partial charge < -0.3 is 10.6 Å². The predicted molar refractivity (Wildman–Crippen MR) is 68.9 cm³/mol. The van der Waals surface area contributed by atoms with Gasteiger partial charge in [-0.1, -0.05) is 25.7 Å². The van der Waals surface area contributed by atoms with Crippen LogP contribution in [0.25, 0.3) is 0 Å². The molecular weight excluding hydrogens is 307 g/mol. The van der Waals surface area contributed by atoms with Crippen LogP contribution in [0.3, 0.4) is 0 Å². The molecule has 2 rings (SSSR count). The molecule has 0 fully saturated rings. The Kier molecular flexibility index (Phi) is 3.77. The summed E-state index contributed by atoms with van der Waals surface area (Å²) in [7, 11) is 0. The van der Waals surface area contributed by atoms with Gasteiger partial charge in [0, 0.05) is 5.92 Å². The highest BCUT2D eigenvalue weighted by Crippen LogP contribution is 2.45. The largest absolute Gasteiger partial charge is 0.427 e. The van der Waals surface area contributed by atoms with E-state index in [4.69, 9.17) is 0 Å². The van der Waals surface area contributed by atoms with Crippen LogP contribution >= 0.6 is 0 Å². The van der Waals surface area contributed by atoms with Crippen molar-refractivity contribution in [3.8, 4) is 11.8 Å². The number of benzene rings is 1. The Balaban J connectivity index is 2.84. The summed E-state index contributed by atoms with van der Waals surface area (Å²) >= 11 is 0. The van der Waals surface area contributed by atoms with E-state index in [0.717, 1.165) is 6.07 Å². The molecule has 1 aliphatic heterocycles. The van der Waals surface area contributed by atoms with Crippen molar-refractivity contribution in [3.05, 3.63) is 29.3 Å². The minimum Gasteiger partial charge on any atom is -0.310 e. The fourth-order valence-corrected chi connectivity index (χ4v) is 2.04. The molecule has 0 radical (unpaired) electrons. The van der Waals surface area contributed by atoms with E-state index in [1.807, 2.05) is 11.2 Å². The molecule has 0 aliphatic carbocycles. The molecular formula is C14H11F5N2O. The van der Waals surface area contributed by atoms with Gasteiger partial charge in [-0.2, -0.15) is 13.2 Å². The number of carbonyl (C=O) groups excluding carboxylic acids is 1. The fraction of sp³-hybridized carbons (Fsp3) is 0.357. The highest BCUT2D eigenvalue weighted by molar-refractivity contribution is 5.94. The van der Waals surface area contributed by atoms with Crippen LogP contribution in [0.5, 0.6) is 0 Å². The first-order valence-corrected chi connectivity index (χ1v) is 6.25. The minimum absolute atomic E-state index is 0.467. The van der Waals surface area contributed by atoms with Crippen LogP contribution in [0.4, 0.5) is 32.4 Å².